The Morgan fingerprint density at radius 3 is 2.02 bits per heavy atom. The highest BCUT2D eigenvalue weighted by atomic mass is 15.6. The Hall–Kier alpha value is -6.06. The van der Waals surface area contributed by atoms with Crippen molar-refractivity contribution >= 4 is 44.3 Å². The molecule has 2 heterocycles. The van der Waals surface area contributed by atoms with E-state index in [2.05, 4.69) is 198 Å². The molecule has 0 saturated heterocycles. The molecular weight excluding hydrogens is 558 g/mol. The van der Waals surface area contributed by atoms with Crippen LogP contribution < -0.4 is 10.0 Å². The van der Waals surface area contributed by atoms with Crippen molar-refractivity contribution < 1.29 is 0 Å². The summed E-state index contributed by atoms with van der Waals surface area (Å²) in [5, 5.41) is 6.97. The quantitative estimate of drug-likeness (QED) is 0.197. The van der Waals surface area contributed by atoms with Crippen LogP contribution in [0.2, 0.25) is 0 Å². The summed E-state index contributed by atoms with van der Waals surface area (Å²) in [4.78, 5) is 0. The number of nitrogens with zero attached hydrogens (tertiary/aromatic N) is 3. The van der Waals surface area contributed by atoms with E-state index in [9.17, 15) is 0 Å². The van der Waals surface area contributed by atoms with E-state index in [-0.39, 0.29) is 0 Å². The van der Waals surface area contributed by atoms with Crippen LogP contribution in [0.4, 0.5) is 11.4 Å². The van der Waals surface area contributed by atoms with Gasteiger partial charge in [0, 0.05) is 40.8 Å². The Morgan fingerprint density at radius 1 is 0.543 bits per heavy atom. The number of rotatable bonds is 5. The molecule has 8 rings (SSSR count). The highest BCUT2D eigenvalue weighted by Gasteiger charge is 2.21. The van der Waals surface area contributed by atoms with Crippen LogP contribution in [-0.2, 0) is 0 Å². The van der Waals surface area contributed by atoms with Crippen molar-refractivity contribution in [3.63, 3.8) is 0 Å². The summed E-state index contributed by atoms with van der Waals surface area (Å²) < 4.78 is 2.36. The van der Waals surface area contributed by atoms with E-state index >= 15 is 0 Å². The molecule has 46 heavy (non-hydrogen) atoms. The number of anilines is 2. The number of aromatic nitrogens is 1. The summed E-state index contributed by atoms with van der Waals surface area (Å²) in [6, 6.07) is 53.8. The first-order valence-electron chi connectivity index (χ1n) is 15.6. The van der Waals surface area contributed by atoms with Gasteiger partial charge in [-0.15, -0.1) is 0 Å². The van der Waals surface area contributed by atoms with Gasteiger partial charge in [-0.1, -0.05) is 128 Å². The van der Waals surface area contributed by atoms with E-state index in [1.165, 1.54) is 32.9 Å². The summed E-state index contributed by atoms with van der Waals surface area (Å²) in [6.07, 6.45) is 6.58. The number of para-hydroxylation sites is 4. The van der Waals surface area contributed by atoms with Crippen LogP contribution in [0.15, 0.2) is 177 Å². The van der Waals surface area contributed by atoms with Crippen LogP contribution in [0, 0.1) is 0 Å². The molecular formula is C43H33N3. The zero-order valence-electron chi connectivity index (χ0n) is 25.7. The van der Waals surface area contributed by atoms with Crippen LogP contribution in [0.3, 0.4) is 0 Å². The lowest BCUT2D eigenvalue weighted by Gasteiger charge is -2.36. The highest BCUT2D eigenvalue weighted by Crippen LogP contribution is 2.39. The normalized spacial score (nSPS) is 14.8. The molecule has 220 valence electrons. The molecule has 0 aliphatic carbocycles. The lowest BCUT2D eigenvalue weighted by Crippen LogP contribution is -2.37. The third kappa shape index (κ3) is 4.70. The van der Waals surface area contributed by atoms with Crippen LogP contribution >= 0.6 is 0 Å². The molecule has 0 saturated carbocycles. The first kappa shape index (κ1) is 27.5. The second-order valence-electron chi connectivity index (χ2n) is 11.6. The summed E-state index contributed by atoms with van der Waals surface area (Å²) in [6.45, 7) is 4.48. The van der Waals surface area contributed by atoms with Crippen molar-refractivity contribution in [1.82, 2.24) is 4.57 Å². The van der Waals surface area contributed by atoms with Gasteiger partial charge < -0.3 is 4.57 Å². The molecule has 6 aromatic carbocycles. The molecule has 3 heteroatoms. The Kier molecular flexibility index (Phi) is 6.85. The SMILES string of the molecule is C=C1/C=C\C(c2ccc3c(c2)c2ccccc2n3-c2ccccc2)=C/N(N(C)c2ccccc2-c2ccccc2)c2ccccc21. The molecule has 0 unspecified atom stereocenters. The Bertz CT molecular complexity index is 2290. The zero-order chi connectivity index (χ0) is 31.0. The third-order valence-corrected chi connectivity index (χ3v) is 8.90. The predicted molar refractivity (Wildman–Crippen MR) is 196 cm³/mol. The zero-order valence-corrected chi connectivity index (χ0v) is 25.7. The number of hydrogen-bond acceptors (Lipinski definition) is 2. The maximum Gasteiger partial charge on any atom is 0.0704 e. The van der Waals surface area contributed by atoms with Crippen LogP contribution in [0.25, 0.3) is 49.8 Å². The fourth-order valence-corrected chi connectivity index (χ4v) is 6.63. The Balaban J connectivity index is 1.32. The minimum atomic E-state index is 0.970. The van der Waals surface area contributed by atoms with Crippen molar-refractivity contribution in [2.24, 2.45) is 0 Å². The smallest absolute Gasteiger partial charge is 0.0704 e. The standard InChI is InChI=1S/C43H33N3/c1-31-25-26-34(33-27-28-43-39(29-33)38-21-11-14-24-42(38)46(43)35-17-7-4-8-18-35)30-45(41-23-13-9-19-36(31)41)44(2)40-22-12-10-20-37(40)32-15-5-3-6-16-32/h3-30H,1H2,2H3/b26-25-,34-30+. The molecule has 3 nitrogen and oxygen atoms in total. The largest absolute Gasteiger partial charge is 0.309 e. The fraction of sp³-hybridized carbons (Fsp3) is 0.0233. The molecule has 0 N–H and O–H groups in total. The van der Waals surface area contributed by atoms with E-state index in [1.54, 1.807) is 0 Å². The molecule has 0 spiro atoms. The number of fused-ring (bicyclic) bond motifs is 4. The van der Waals surface area contributed by atoms with E-state index in [1.807, 2.05) is 0 Å². The van der Waals surface area contributed by atoms with Crippen molar-refractivity contribution in [3.8, 4) is 16.8 Å². The van der Waals surface area contributed by atoms with Crippen LogP contribution in [-0.4, -0.2) is 11.6 Å². The predicted octanol–water partition coefficient (Wildman–Crippen LogP) is 10.9. The average molecular weight is 592 g/mol. The van der Waals surface area contributed by atoms with E-state index < -0.39 is 0 Å². The second kappa shape index (κ2) is 11.5. The first-order valence-corrected chi connectivity index (χ1v) is 15.6. The highest BCUT2D eigenvalue weighted by molar-refractivity contribution is 6.10. The second-order valence-corrected chi connectivity index (χ2v) is 11.6. The van der Waals surface area contributed by atoms with Gasteiger partial charge in [-0.05, 0) is 64.7 Å². The molecule has 1 aliphatic heterocycles. The van der Waals surface area contributed by atoms with Gasteiger partial charge in [0.15, 0.2) is 0 Å². The van der Waals surface area contributed by atoms with Gasteiger partial charge in [-0.25, -0.2) is 0 Å². The molecule has 0 bridgehead atoms. The lowest BCUT2D eigenvalue weighted by molar-refractivity contribution is 0.930. The Morgan fingerprint density at radius 2 is 1.20 bits per heavy atom. The fourth-order valence-electron chi connectivity index (χ4n) is 6.63. The van der Waals surface area contributed by atoms with Gasteiger partial charge in [-0.3, -0.25) is 10.0 Å². The summed E-state index contributed by atoms with van der Waals surface area (Å²) in [5.41, 5.74) is 12.4. The topological polar surface area (TPSA) is 11.4 Å². The van der Waals surface area contributed by atoms with E-state index in [0.29, 0.717) is 0 Å². The van der Waals surface area contributed by atoms with E-state index in [4.69, 9.17) is 0 Å². The summed E-state index contributed by atoms with van der Waals surface area (Å²) in [7, 11) is 2.14. The van der Waals surface area contributed by atoms with Gasteiger partial charge in [0.25, 0.3) is 0 Å². The van der Waals surface area contributed by atoms with Crippen molar-refractivity contribution in [2.45, 2.75) is 0 Å². The average Bonchev–Trinajstić information content (AvgIpc) is 3.45. The van der Waals surface area contributed by atoms with Crippen molar-refractivity contribution in [3.05, 3.63) is 188 Å². The van der Waals surface area contributed by atoms with Crippen molar-refractivity contribution in [1.29, 1.82) is 0 Å². The van der Waals surface area contributed by atoms with Crippen molar-refractivity contribution in [2.75, 3.05) is 17.1 Å². The molecule has 0 radical (unpaired) electrons. The monoisotopic (exact) mass is 591 g/mol. The summed E-state index contributed by atoms with van der Waals surface area (Å²) in [5.74, 6) is 0. The van der Waals surface area contributed by atoms with Gasteiger partial charge in [0.05, 0.1) is 22.4 Å². The van der Waals surface area contributed by atoms with Crippen LogP contribution in [0.5, 0.6) is 0 Å². The lowest BCUT2D eigenvalue weighted by atomic mass is 9.98. The molecule has 1 aliphatic rings. The minimum Gasteiger partial charge on any atom is -0.309 e. The van der Waals surface area contributed by atoms with Gasteiger partial charge in [0.1, 0.15) is 0 Å². The number of benzene rings is 6. The maximum absolute atomic E-state index is 4.48. The van der Waals surface area contributed by atoms with Crippen LogP contribution in [0.1, 0.15) is 11.1 Å². The van der Waals surface area contributed by atoms with Gasteiger partial charge in [0.2, 0.25) is 0 Å². The molecule has 0 atom stereocenters. The number of allylic oxidation sites excluding steroid dienone is 4. The Labute approximate surface area is 269 Å². The molecule has 0 amide bonds. The molecule has 0 fully saturated rings. The molecule has 1 aromatic heterocycles. The third-order valence-electron chi connectivity index (χ3n) is 8.90. The maximum atomic E-state index is 4.48. The van der Waals surface area contributed by atoms with Gasteiger partial charge >= 0.3 is 0 Å². The summed E-state index contributed by atoms with van der Waals surface area (Å²) >= 11 is 0. The van der Waals surface area contributed by atoms with Gasteiger partial charge in [-0.2, -0.15) is 0 Å². The minimum absolute atomic E-state index is 0.970. The number of hydrazine groups is 1. The van der Waals surface area contributed by atoms with E-state index in [0.717, 1.165) is 39.3 Å². The number of hydrogen-bond donors (Lipinski definition) is 0. The molecule has 7 aromatic rings. The first-order chi connectivity index (χ1) is 22.7.